The minimum Gasteiger partial charge on any atom is -0.361 e. The Kier molecular flexibility index (Phi) is 3.73. The minimum absolute atomic E-state index is 0.0494. The fourth-order valence-electron chi connectivity index (χ4n) is 1.49. The van der Waals surface area contributed by atoms with Crippen molar-refractivity contribution in [3.8, 4) is 0 Å². The summed E-state index contributed by atoms with van der Waals surface area (Å²) in [6, 6.07) is 0. The van der Waals surface area contributed by atoms with Crippen LogP contribution in [-0.4, -0.2) is 18.0 Å². The van der Waals surface area contributed by atoms with Crippen molar-refractivity contribution in [2.24, 2.45) is 0 Å². The highest BCUT2D eigenvalue weighted by molar-refractivity contribution is 5.83. The fourth-order valence-corrected chi connectivity index (χ4v) is 1.49. The highest BCUT2D eigenvalue weighted by Crippen LogP contribution is 2.27. The Morgan fingerprint density at radius 1 is 1.33 bits per heavy atom. The van der Waals surface area contributed by atoms with Gasteiger partial charge in [-0.05, 0) is 13.3 Å². The largest absolute Gasteiger partial charge is 0.361 e. The molecular formula is C10H18O2. The van der Waals surface area contributed by atoms with E-state index in [4.69, 9.17) is 4.74 Å². The molecule has 0 bridgehead atoms. The summed E-state index contributed by atoms with van der Waals surface area (Å²) in [7, 11) is 0. The van der Waals surface area contributed by atoms with Crippen LogP contribution in [0.3, 0.4) is 0 Å². The number of hydrogen-bond donors (Lipinski definition) is 0. The van der Waals surface area contributed by atoms with Gasteiger partial charge in [0.05, 0.1) is 6.10 Å². The molecule has 0 aromatic rings. The van der Waals surface area contributed by atoms with E-state index < -0.39 is 0 Å². The lowest BCUT2D eigenvalue weighted by molar-refractivity contribution is -0.118. The molecule has 1 aliphatic heterocycles. The molecule has 2 atom stereocenters. The Morgan fingerprint density at radius 3 is 2.58 bits per heavy atom. The second-order valence-corrected chi connectivity index (χ2v) is 3.56. The Balaban J connectivity index is 1.93. The molecule has 1 aliphatic rings. The summed E-state index contributed by atoms with van der Waals surface area (Å²) < 4.78 is 5.21. The van der Waals surface area contributed by atoms with E-state index in [1.54, 1.807) is 6.92 Å². The van der Waals surface area contributed by atoms with Gasteiger partial charge in [-0.2, -0.15) is 0 Å². The summed E-state index contributed by atoms with van der Waals surface area (Å²) in [5.74, 6) is 0.190. The first-order valence-electron chi connectivity index (χ1n) is 4.91. The van der Waals surface area contributed by atoms with Crippen LogP contribution in [0.1, 0.15) is 46.0 Å². The van der Waals surface area contributed by atoms with Crippen molar-refractivity contribution in [3.63, 3.8) is 0 Å². The highest BCUT2D eigenvalue weighted by atomic mass is 16.6. The quantitative estimate of drug-likeness (QED) is 0.452. The molecule has 1 saturated heterocycles. The Bertz CT molecular complexity index is 154. The molecule has 0 aliphatic carbocycles. The van der Waals surface area contributed by atoms with Crippen LogP contribution in [0, 0.1) is 0 Å². The third-order valence-corrected chi connectivity index (χ3v) is 2.33. The number of Topliss-reactive ketones (excluding diaryl/α,β-unsaturated/α-hetero) is 1. The standard InChI is InChI=1S/C10H18O2/c1-3-4-5-6-7-9-10(12-9)8(2)11/h9-10H,3-7H2,1-2H3/t9-,10+/m0/s1. The molecule has 0 aromatic heterocycles. The molecular weight excluding hydrogens is 152 g/mol. The van der Waals surface area contributed by atoms with Crippen molar-refractivity contribution < 1.29 is 9.53 Å². The van der Waals surface area contributed by atoms with Crippen LogP contribution in [0.25, 0.3) is 0 Å². The Labute approximate surface area is 74.3 Å². The van der Waals surface area contributed by atoms with Gasteiger partial charge in [0, 0.05) is 0 Å². The van der Waals surface area contributed by atoms with Crippen LogP contribution in [0.15, 0.2) is 0 Å². The lowest BCUT2D eigenvalue weighted by Gasteiger charge is -1.94. The smallest absolute Gasteiger partial charge is 0.161 e. The van der Waals surface area contributed by atoms with Crippen molar-refractivity contribution >= 4 is 5.78 Å². The zero-order valence-electron chi connectivity index (χ0n) is 8.01. The number of unbranched alkanes of at least 4 members (excludes halogenated alkanes) is 3. The van der Waals surface area contributed by atoms with E-state index in [9.17, 15) is 4.79 Å². The first-order valence-corrected chi connectivity index (χ1v) is 4.91. The molecule has 0 saturated carbocycles. The van der Waals surface area contributed by atoms with E-state index >= 15 is 0 Å². The molecule has 1 heterocycles. The summed E-state index contributed by atoms with van der Waals surface area (Å²) in [6.45, 7) is 3.81. The molecule has 0 N–H and O–H groups in total. The van der Waals surface area contributed by atoms with Gasteiger partial charge in [0.2, 0.25) is 0 Å². The fraction of sp³-hybridized carbons (Fsp3) is 0.900. The molecule has 1 fully saturated rings. The number of hydrogen-bond acceptors (Lipinski definition) is 2. The Morgan fingerprint density at radius 2 is 2.08 bits per heavy atom. The molecule has 70 valence electrons. The van der Waals surface area contributed by atoms with Gasteiger partial charge in [0.15, 0.2) is 5.78 Å². The van der Waals surface area contributed by atoms with Gasteiger partial charge in [-0.15, -0.1) is 0 Å². The van der Waals surface area contributed by atoms with Crippen LogP contribution in [0.5, 0.6) is 0 Å². The number of carbonyl (C=O) groups excluding carboxylic acids is 1. The maximum absolute atomic E-state index is 10.8. The van der Waals surface area contributed by atoms with Crippen molar-refractivity contribution in [3.05, 3.63) is 0 Å². The maximum Gasteiger partial charge on any atom is 0.161 e. The van der Waals surface area contributed by atoms with E-state index in [1.165, 1.54) is 25.7 Å². The monoisotopic (exact) mass is 170 g/mol. The third-order valence-electron chi connectivity index (χ3n) is 2.33. The Hall–Kier alpha value is -0.370. The van der Waals surface area contributed by atoms with Gasteiger partial charge < -0.3 is 4.74 Å². The summed E-state index contributed by atoms with van der Waals surface area (Å²) in [6.07, 6.45) is 6.35. The van der Waals surface area contributed by atoms with Crippen molar-refractivity contribution in [2.75, 3.05) is 0 Å². The molecule has 0 radical (unpaired) electrons. The van der Waals surface area contributed by atoms with Gasteiger partial charge >= 0.3 is 0 Å². The van der Waals surface area contributed by atoms with Crippen LogP contribution in [0.2, 0.25) is 0 Å². The molecule has 1 rings (SSSR count). The van der Waals surface area contributed by atoms with E-state index in [0.717, 1.165) is 6.42 Å². The molecule has 0 unspecified atom stereocenters. The topological polar surface area (TPSA) is 29.6 Å². The predicted octanol–water partition coefficient (Wildman–Crippen LogP) is 2.31. The normalized spacial score (nSPS) is 27.2. The lowest BCUT2D eigenvalue weighted by Crippen LogP contribution is -2.04. The lowest BCUT2D eigenvalue weighted by atomic mass is 10.1. The van der Waals surface area contributed by atoms with E-state index in [1.807, 2.05) is 0 Å². The van der Waals surface area contributed by atoms with Gasteiger partial charge in [0.25, 0.3) is 0 Å². The van der Waals surface area contributed by atoms with Gasteiger partial charge in [-0.25, -0.2) is 0 Å². The average molecular weight is 170 g/mol. The van der Waals surface area contributed by atoms with Gasteiger partial charge in [-0.1, -0.05) is 32.6 Å². The highest BCUT2D eigenvalue weighted by Gasteiger charge is 2.41. The summed E-state index contributed by atoms with van der Waals surface area (Å²) in [5.41, 5.74) is 0. The van der Waals surface area contributed by atoms with E-state index in [0.29, 0.717) is 0 Å². The van der Waals surface area contributed by atoms with Crippen LogP contribution in [0.4, 0.5) is 0 Å². The van der Waals surface area contributed by atoms with Crippen molar-refractivity contribution in [2.45, 2.75) is 58.2 Å². The maximum atomic E-state index is 10.8. The number of ether oxygens (including phenoxy) is 1. The number of rotatable bonds is 6. The zero-order valence-corrected chi connectivity index (χ0v) is 8.01. The molecule has 0 aromatic carbocycles. The molecule has 2 nitrogen and oxygen atoms in total. The molecule has 2 heteroatoms. The van der Waals surface area contributed by atoms with Crippen LogP contribution >= 0.6 is 0 Å². The summed E-state index contributed by atoms with van der Waals surface area (Å²) >= 11 is 0. The van der Waals surface area contributed by atoms with Crippen molar-refractivity contribution in [1.29, 1.82) is 0 Å². The minimum atomic E-state index is -0.0494. The number of ketones is 1. The summed E-state index contributed by atoms with van der Waals surface area (Å²) in [4.78, 5) is 10.8. The zero-order chi connectivity index (χ0) is 8.97. The summed E-state index contributed by atoms with van der Waals surface area (Å²) in [5, 5.41) is 0. The van der Waals surface area contributed by atoms with E-state index in [-0.39, 0.29) is 18.0 Å². The first kappa shape index (κ1) is 9.72. The second kappa shape index (κ2) is 4.61. The molecule has 0 amide bonds. The number of epoxide rings is 1. The predicted molar refractivity (Wildman–Crippen MR) is 48.1 cm³/mol. The second-order valence-electron chi connectivity index (χ2n) is 3.56. The average Bonchev–Trinajstić information content (AvgIpc) is 2.77. The van der Waals surface area contributed by atoms with Gasteiger partial charge in [-0.3, -0.25) is 4.79 Å². The first-order chi connectivity index (χ1) is 5.75. The molecule has 0 spiro atoms. The van der Waals surface area contributed by atoms with Gasteiger partial charge in [0.1, 0.15) is 6.10 Å². The SMILES string of the molecule is CCCCCC[C@@H]1O[C@@H]1C(C)=O. The van der Waals surface area contributed by atoms with E-state index in [2.05, 4.69) is 6.92 Å². The number of carbonyl (C=O) groups is 1. The van der Waals surface area contributed by atoms with Crippen LogP contribution < -0.4 is 0 Å². The third kappa shape index (κ3) is 2.94. The molecule has 12 heavy (non-hydrogen) atoms. The van der Waals surface area contributed by atoms with Crippen molar-refractivity contribution in [1.82, 2.24) is 0 Å². The van der Waals surface area contributed by atoms with Crippen LogP contribution in [-0.2, 0) is 9.53 Å².